The Hall–Kier alpha value is -1.36. The fourth-order valence-corrected chi connectivity index (χ4v) is 2.53. The summed E-state index contributed by atoms with van der Waals surface area (Å²) in [7, 11) is 0. The Bertz CT molecular complexity index is 408. The first-order valence-corrected chi connectivity index (χ1v) is 6.82. The molecule has 2 aliphatic rings. The Balaban J connectivity index is 1.65. The highest BCUT2D eigenvalue weighted by Gasteiger charge is 2.40. The minimum absolute atomic E-state index is 0.377. The minimum Gasteiger partial charge on any atom is -0.376 e. The quantitative estimate of drug-likeness (QED) is 0.833. The van der Waals surface area contributed by atoms with Crippen LogP contribution in [0.1, 0.15) is 26.2 Å². The smallest absolute Gasteiger partial charge is 0.224 e. The summed E-state index contributed by atoms with van der Waals surface area (Å²) in [5, 5.41) is 6.62. The third-order valence-electron chi connectivity index (χ3n) is 3.55. The maximum absolute atomic E-state index is 5.82. The predicted octanol–water partition coefficient (Wildman–Crippen LogP) is 1.89. The van der Waals surface area contributed by atoms with Crippen LogP contribution in [0.4, 0.5) is 11.8 Å². The molecule has 2 unspecified atom stereocenters. The van der Waals surface area contributed by atoms with Crippen LogP contribution in [0.2, 0.25) is 0 Å². The van der Waals surface area contributed by atoms with Crippen molar-refractivity contribution in [3.8, 4) is 0 Å². The molecule has 2 atom stereocenters. The molecule has 1 aromatic heterocycles. The van der Waals surface area contributed by atoms with Gasteiger partial charge in [0.05, 0.1) is 12.1 Å². The second-order valence-electron chi connectivity index (χ2n) is 5.01. The van der Waals surface area contributed by atoms with Crippen molar-refractivity contribution in [2.45, 2.75) is 38.3 Å². The minimum atomic E-state index is 0.377. The third kappa shape index (κ3) is 2.56. The van der Waals surface area contributed by atoms with E-state index in [1.807, 2.05) is 13.0 Å². The van der Waals surface area contributed by atoms with E-state index in [0.717, 1.165) is 31.3 Å². The van der Waals surface area contributed by atoms with Gasteiger partial charge in [-0.2, -0.15) is 4.98 Å². The van der Waals surface area contributed by atoms with E-state index in [4.69, 9.17) is 4.74 Å². The molecule has 0 bridgehead atoms. The van der Waals surface area contributed by atoms with E-state index < -0.39 is 0 Å². The molecule has 3 rings (SSSR count). The summed E-state index contributed by atoms with van der Waals surface area (Å²) >= 11 is 0. The van der Waals surface area contributed by atoms with Crippen molar-refractivity contribution in [3.63, 3.8) is 0 Å². The van der Waals surface area contributed by atoms with Gasteiger partial charge in [0, 0.05) is 19.3 Å². The van der Waals surface area contributed by atoms with Gasteiger partial charge in [0.15, 0.2) is 0 Å². The van der Waals surface area contributed by atoms with Gasteiger partial charge in [0.1, 0.15) is 5.82 Å². The first kappa shape index (κ1) is 11.7. The summed E-state index contributed by atoms with van der Waals surface area (Å²) in [5.41, 5.74) is 0. The van der Waals surface area contributed by atoms with E-state index in [-0.39, 0.29) is 0 Å². The molecule has 1 saturated heterocycles. The lowest BCUT2D eigenvalue weighted by Gasteiger charge is -2.20. The highest BCUT2D eigenvalue weighted by atomic mass is 16.5. The second kappa shape index (κ2) is 5.10. The predicted molar refractivity (Wildman–Crippen MR) is 70.7 cm³/mol. The van der Waals surface area contributed by atoms with Gasteiger partial charge in [-0.25, -0.2) is 4.98 Å². The molecule has 98 valence electrons. The van der Waals surface area contributed by atoms with E-state index in [9.17, 15) is 0 Å². The number of anilines is 2. The fraction of sp³-hybridized carbons (Fsp3) is 0.692. The molecule has 1 saturated carbocycles. The van der Waals surface area contributed by atoms with E-state index in [2.05, 4.69) is 20.6 Å². The number of nitrogens with one attached hydrogen (secondary N) is 2. The van der Waals surface area contributed by atoms with Crippen molar-refractivity contribution in [2.24, 2.45) is 5.92 Å². The molecule has 0 aromatic carbocycles. The van der Waals surface area contributed by atoms with Gasteiger partial charge >= 0.3 is 0 Å². The summed E-state index contributed by atoms with van der Waals surface area (Å²) in [6.07, 6.45) is 5.86. The third-order valence-corrected chi connectivity index (χ3v) is 3.55. The second-order valence-corrected chi connectivity index (χ2v) is 5.01. The maximum Gasteiger partial charge on any atom is 0.224 e. The number of ether oxygens (including phenoxy) is 1. The van der Waals surface area contributed by atoms with E-state index in [1.54, 1.807) is 6.20 Å². The standard InChI is InChI=1S/C13H20N4O/c1-2-14-13-15-7-5-11(17-13)16-10-6-8-18-12(10)9-3-4-9/h5,7,9-10,12H,2-4,6,8H2,1H3,(H2,14,15,16,17). The first-order valence-electron chi connectivity index (χ1n) is 6.82. The Morgan fingerprint density at radius 3 is 3.06 bits per heavy atom. The molecule has 1 aliphatic carbocycles. The van der Waals surface area contributed by atoms with E-state index in [1.165, 1.54) is 12.8 Å². The van der Waals surface area contributed by atoms with Gasteiger partial charge in [-0.3, -0.25) is 0 Å². The van der Waals surface area contributed by atoms with E-state index in [0.29, 0.717) is 18.1 Å². The van der Waals surface area contributed by atoms with E-state index >= 15 is 0 Å². The molecule has 0 amide bonds. The molecule has 2 fully saturated rings. The average molecular weight is 248 g/mol. The zero-order valence-electron chi connectivity index (χ0n) is 10.7. The molecule has 18 heavy (non-hydrogen) atoms. The number of aromatic nitrogens is 2. The molecule has 5 heteroatoms. The highest BCUT2D eigenvalue weighted by Crippen LogP contribution is 2.39. The number of hydrogen-bond donors (Lipinski definition) is 2. The fourth-order valence-electron chi connectivity index (χ4n) is 2.53. The van der Waals surface area contributed by atoms with Crippen molar-refractivity contribution >= 4 is 11.8 Å². The Kier molecular flexibility index (Phi) is 3.32. The molecule has 2 N–H and O–H groups in total. The van der Waals surface area contributed by atoms with Crippen molar-refractivity contribution in [1.82, 2.24) is 9.97 Å². The molecule has 0 radical (unpaired) electrons. The molecule has 1 aromatic rings. The van der Waals surface area contributed by atoms with Crippen LogP contribution >= 0.6 is 0 Å². The largest absolute Gasteiger partial charge is 0.376 e. The van der Waals surface area contributed by atoms with Gasteiger partial charge in [-0.05, 0) is 38.2 Å². The SMILES string of the molecule is CCNc1nccc(NC2CCOC2C2CC2)n1. The zero-order chi connectivity index (χ0) is 12.4. The zero-order valence-corrected chi connectivity index (χ0v) is 10.7. The van der Waals surface area contributed by atoms with Crippen molar-refractivity contribution < 1.29 is 4.74 Å². The topological polar surface area (TPSA) is 59.1 Å². The summed E-state index contributed by atoms with van der Waals surface area (Å²) in [4.78, 5) is 8.63. The van der Waals surface area contributed by atoms with Gasteiger partial charge in [-0.15, -0.1) is 0 Å². The van der Waals surface area contributed by atoms with Crippen LogP contribution in [-0.2, 0) is 4.74 Å². The molecule has 5 nitrogen and oxygen atoms in total. The summed E-state index contributed by atoms with van der Waals surface area (Å²) in [6.45, 7) is 3.74. The van der Waals surface area contributed by atoms with Crippen LogP contribution in [0, 0.1) is 5.92 Å². The normalized spacial score (nSPS) is 27.2. The van der Waals surface area contributed by atoms with Crippen molar-refractivity contribution in [2.75, 3.05) is 23.8 Å². The Morgan fingerprint density at radius 2 is 2.28 bits per heavy atom. The van der Waals surface area contributed by atoms with Gasteiger partial charge < -0.3 is 15.4 Å². The Morgan fingerprint density at radius 1 is 1.39 bits per heavy atom. The molecular formula is C13H20N4O. The van der Waals surface area contributed by atoms with Crippen LogP contribution in [0.5, 0.6) is 0 Å². The summed E-state index contributed by atoms with van der Waals surface area (Å²) in [6, 6.07) is 2.32. The lowest BCUT2D eigenvalue weighted by molar-refractivity contribution is 0.0898. The highest BCUT2D eigenvalue weighted by molar-refractivity contribution is 5.40. The van der Waals surface area contributed by atoms with Gasteiger partial charge in [-0.1, -0.05) is 0 Å². The number of hydrogen-bond acceptors (Lipinski definition) is 5. The van der Waals surface area contributed by atoms with Crippen LogP contribution in [-0.4, -0.2) is 35.3 Å². The first-order chi connectivity index (χ1) is 8.86. The maximum atomic E-state index is 5.82. The van der Waals surface area contributed by atoms with Crippen LogP contribution in [0.15, 0.2) is 12.3 Å². The number of rotatable bonds is 5. The van der Waals surface area contributed by atoms with Crippen LogP contribution in [0.25, 0.3) is 0 Å². The van der Waals surface area contributed by atoms with Crippen molar-refractivity contribution in [3.05, 3.63) is 12.3 Å². The van der Waals surface area contributed by atoms with Crippen LogP contribution < -0.4 is 10.6 Å². The Labute approximate surface area is 107 Å². The average Bonchev–Trinajstić information content (AvgIpc) is 3.12. The van der Waals surface area contributed by atoms with Crippen LogP contribution in [0.3, 0.4) is 0 Å². The molecular weight excluding hydrogens is 228 g/mol. The summed E-state index contributed by atoms with van der Waals surface area (Å²) < 4.78 is 5.82. The molecule has 2 heterocycles. The van der Waals surface area contributed by atoms with Crippen molar-refractivity contribution in [1.29, 1.82) is 0 Å². The number of nitrogens with zero attached hydrogens (tertiary/aromatic N) is 2. The lowest BCUT2D eigenvalue weighted by Crippen LogP contribution is -2.31. The monoisotopic (exact) mass is 248 g/mol. The summed E-state index contributed by atoms with van der Waals surface area (Å²) in [5.74, 6) is 2.34. The van der Waals surface area contributed by atoms with Gasteiger partial charge in [0.2, 0.25) is 5.95 Å². The lowest BCUT2D eigenvalue weighted by atomic mass is 10.1. The molecule has 0 spiro atoms. The van der Waals surface area contributed by atoms with Gasteiger partial charge in [0.25, 0.3) is 0 Å². The molecule has 1 aliphatic heterocycles.